The van der Waals surface area contributed by atoms with Gasteiger partial charge in [0.15, 0.2) is 0 Å². The van der Waals surface area contributed by atoms with E-state index in [1.165, 1.54) is 6.92 Å². The Morgan fingerprint density at radius 3 is 2.44 bits per heavy atom. The van der Waals surface area contributed by atoms with Crippen molar-refractivity contribution in [2.24, 2.45) is 0 Å². The van der Waals surface area contributed by atoms with E-state index in [1.807, 2.05) is 0 Å². The van der Waals surface area contributed by atoms with E-state index in [-0.39, 0.29) is 19.1 Å². The second-order valence-corrected chi connectivity index (χ2v) is 3.98. The first-order valence-corrected chi connectivity index (χ1v) is 5.13. The Hall–Kier alpha value is -0.730. The van der Waals surface area contributed by atoms with Crippen LogP contribution in [0.2, 0.25) is 0 Å². The molecule has 0 saturated carbocycles. The van der Waals surface area contributed by atoms with Crippen molar-refractivity contribution in [1.29, 1.82) is 0 Å². The van der Waals surface area contributed by atoms with Crippen LogP contribution in [0.1, 0.15) is 6.92 Å². The molecule has 16 heavy (non-hydrogen) atoms. The number of hydrogen-bond donors (Lipinski definition) is 6. The first-order valence-electron chi connectivity index (χ1n) is 5.13. The highest BCUT2D eigenvalue weighted by Crippen LogP contribution is 2.12. The lowest BCUT2D eigenvalue weighted by atomic mass is 10.00. The maximum Gasteiger partial charge on any atom is 0.217 e. The minimum atomic E-state index is -1.41. The van der Waals surface area contributed by atoms with E-state index in [1.54, 1.807) is 0 Å². The molecule has 1 fully saturated rings. The van der Waals surface area contributed by atoms with Crippen LogP contribution in [-0.2, 0) is 4.79 Å². The number of aliphatic hydroxyl groups excluding tert-OH is 4. The topological polar surface area (TPSA) is 122 Å². The molecule has 1 saturated heterocycles. The molecule has 0 unspecified atom stereocenters. The van der Waals surface area contributed by atoms with Crippen molar-refractivity contribution >= 4 is 5.91 Å². The zero-order chi connectivity index (χ0) is 12.3. The van der Waals surface area contributed by atoms with Crippen LogP contribution >= 0.6 is 0 Å². The summed E-state index contributed by atoms with van der Waals surface area (Å²) < 4.78 is 0. The van der Waals surface area contributed by atoms with E-state index in [4.69, 9.17) is 5.11 Å². The third-order valence-electron chi connectivity index (χ3n) is 2.71. The summed E-state index contributed by atoms with van der Waals surface area (Å²) in [7, 11) is 0. The number of rotatable bonds is 2. The van der Waals surface area contributed by atoms with E-state index in [2.05, 4.69) is 10.6 Å². The molecular formula is C9H18N2O5. The van der Waals surface area contributed by atoms with Gasteiger partial charge < -0.3 is 31.1 Å². The maximum absolute atomic E-state index is 10.9. The Morgan fingerprint density at radius 1 is 1.31 bits per heavy atom. The minimum absolute atomic E-state index is 0.167. The largest absolute Gasteiger partial charge is 0.395 e. The van der Waals surface area contributed by atoms with Gasteiger partial charge in [0.05, 0.1) is 24.8 Å². The highest BCUT2D eigenvalue weighted by atomic mass is 16.4. The molecule has 1 aliphatic rings. The van der Waals surface area contributed by atoms with Gasteiger partial charge in [0.1, 0.15) is 12.2 Å². The lowest BCUT2D eigenvalue weighted by Crippen LogP contribution is -2.52. The summed E-state index contributed by atoms with van der Waals surface area (Å²) in [5.74, 6) is -0.338. The summed E-state index contributed by atoms with van der Waals surface area (Å²) in [5.41, 5.74) is 0. The molecule has 1 amide bonds. The highest BCUT2D eigenvalue weighted by molar-refractivity contribution is 5.73. The van der Waals surface area contributed by atoms with E-state index < -0.39 is 30.4 Å². The summed E-state index contributed by atoms with van der Waals surface area (Å²) in [6, 6.07) is -1.41. The van der Waals surface area contributed by atoms with Crippen LogP contribution in [0.3, 0.4) is 0 Å². The van der Waals surface area contributed by atoms with Gasteiger partial charge in [0.25, 0.3) is 0 Å². The summed E-state index contributed by atoms with van der Waals surface area (Å²) in [6.45, 7) is 1.10. The van der Waals surface area contributed by atoms with Gasteiger partial charge in [-0.1, -0.05) is 0 Å². The number of carbonyl (C=O) groups excluding carboxylic acids is 1. The van der Waals surface area contributed by atoms with Gasteiger partial charge >= 0.3 is 0 Å². The fraction of sp³-hybridized carbons (Fsp3) is 0.889. The summed E-state index contributed by atoms with van der Waals surface area (Å²) in [5, 5.41) is 43.1. The van der Waals surface area contributed by atoms with Crippen LogP contribution < -0.4 is 10.6 Å². The van der Waals surface area contributed by atoms with Gasteiger partial charge in [-0.2, -0.15) is 0 Å². The molecule has 0 radical (unpaired) electrons. The van der Waals surface area contributed by atoms with Crippen LogP contribution in [-0.4, -0.2) is 69.9 Å². The Balaban J connectivity index is 2.74. The average Bonchev–Trinajstić information content (AvgIpc) is 2.32. The van der Waals surface area contributed by atoms with Crippen LogP contribution in [0.25, 0.3) is 0 Å². The number of hydrogen-bond acceptors (Lipinski definition) is 6. The van der Waals surface area contributed by atoms with Gasteiger partial charge in [-0.15, -0.1) is 0 Å². The monoisotopic (exact) mass is 234 g/mol. The smallest absolute Gasteiger partial charge is 0.217 e. The van der Waals surface area contributed by atoms with Crippen molar-refractivity contribution in [2.75, 3.05) is 13.2 Å². The lowest BCUT2D eigenvalue weighted by Gasteiger charge is -2.26. The Labute approximate surface area is 93.1 Å². The second kappa shape index (κ2) is 5.55. The Bertz CT molecular complexity index is 250. The van der Waals surface area contributed by atoms with Crippen LogP contribution in [0.4, 0.5) is 0 Å². The van der Waals surface area contributed by atoms with Gasteiger partial charge in [-0.3, -0.25) is 4.79 Å². The predicted octanol–water partition coefficient (Wildman–Crippen LogP) is -3.46. The van der Waals surface area contributed by atoms with Crippen LogP contribution in [0, 0.1) is 0 Å². The van der Waals surface area contributed by atoms with Gasteiger partial charge in [-0.25, -0.2) is 0 Å². The quantitative estimate of drug-likeness (QED) is 0.295. The lowest BCUT2D eigenvalue weighted by molar-refractivity contribution is -0.122. The first kappa shape index (κ1) is 13.3. The average molecular weight is 234 g/mol. The molecule has 0 aromatic rings. The third-order valence-corrected chi connectivity index (χ3v) is 2.71. The minimum Gasteiger partial charge on any atom is -0.395 e. The molecule has 0 aromatic carbocycles. The standard InChI is InChI=1S/C9H18N2O5/c1-4(13)11-5-2-10-6(3-12)8(15)9(16)7(5)14/h5-10,12,14-16H,2-3H2,1H3,(H,11,13)/t5-,6+,7+,8+,9+/m0/s1. The van der Waals surface area contributed by atoms with Crippen molar-refractivity contribution in [2.45, 2.75) is 37.3 Å². The van der Waals surface area contributed by atoms with Crippen LogP contribution in [0.5, 0.6) is 0 Å². The normalized spacial score (nSPS) is 40.2. The summed E-state index contributed by atoms with van der Waals surface area (Å²) in [6.07, 6.45) is -3.97. The van der Waals surface area contributed by atoms with Gasteiger partial charge in [-0.05, 0) is 0 Å². The summed E-state index contributed by atoms with van der Waals surface area (Å²) >= 11 is 0. The predicted molar refractivity (Wildman–Crippen MR) is 54.5 cm³/mol. The van der Waals surface area contributed by atoms with E-state index >= 15 is 0 Å². The van der Waals surface area contributed by atoms with Crippen molar-refractivity contribution in [3.63, 3.8) is 0 Å². The molecule has 0 aromatic heterocycles. The molecule has 5 atom stereocenters. The zero-order valence-electron chi connectivity index (χ0n) is 9.00. The van der Waals surface area contributed by atoms with Gasteiger partial charge in [0.2, 0.25) is 5.91 Å². The van der Waals surface area contributed by atoms with Gasteiger partial charge in [0, 0.05) is 13.5 Å². The Kier molecular flexibility index (Phi) is 4.63. The second-order valence-electron chi connectivity index (χ2n) is 3.98. The number of aliphatic hydroxyl groups is 4. The fourth-order valence-corrected chi connectivity index (χ4v) is 1.77. The molecular weight excluding hydrogens is 216 g/mol. The van der Waals surface area contributed by atoms with E-state index in [9.17, 15) is 20.1 Å². The van der Waals surface area contributed by atoms with Crippen LogP contribution in [0.15, 0.2) is 0 Å². The number of amides is 1. The first-order chi connectivity index (χ1) is 7.47. The number of carbonyl (C=O) groups is 1. The Morgan fingerprint density at radius 2 is 1.94 bits per heavy atom. The SMILES string of the molecule is CC(=O)N[C@H]1CN[C@H](CO)[C@@H](O)[C@H](O)[C@@H]1O. The van der Waals surface area contributed by atoms with Crippen molar-refractivity contribution in [3.8, 4) is 0 Å². The third kappa shape index (κ3) is 2.89. The molecule has 0 bridgehead atoms. The molecule has 1 rings (SSSR count). The molecule has 6 N–H and O–H groups in total. The van der Waals surface area contributed by atoms with Crippen molar-refractivity contribution < 1.29 is 25.2 Å². The molecule has 94 valence electrons. The molecule has 0 aliphatic carbocycles. The van der Waals surface area contributed by atoms with Crippen molar-refractivity contribution in [3.05, 3.63) is 0 Å². The molecule has 7 nitrogen and oxygen atoms in total. The maximum atomic E-state index is 10.9. The number of nitrogens with one attached hydrogen (secondary N) is 2. The molecule has 0 spiro atoms. The molecule has 7 heteroatoms. The fourth-order valence-electron chi connectivity index (χ4n) is 1.77. The highest BCUT2D eigenvalue weighted by Gasteiger charge is 2.39. The zero-order valence-corrected chi connectivity index (χ0v) is 9.00. The summed E-state index contributed by atoms with van der Waals surface area (Å²) in [4.78, 5) is 10.9. The van der Waals surface area contributed by atoms with E-state index in [0.29, 0.717) is 0 Å². The molecule has 1 aliphatic heterocycles. The van der Waals surface area contributed by atoms with E-state index in [0.717, 1.165) is 0 Å². The van der Waals surface area contributed by atoms with Crippen molar-refractivity contribution in [1.82, 2.24) is 10.6 Å². The molecule has 1 heterocycles.